The second-order valence-electron chi connectivity index (χ2n) is 29.2. The van der Waals surface area contributed by atoms with Crippen molar-refractivity contribution in [1.82, 2.24) is 19.9 Å². The van der Waals surface area contributed by atoms with Gasteiger partial charge in [-0.15, -0.1) is 0 Å². The van der Waals surface area contributed by atoms with Crippen LogP contribution in [-0.2, 0) is 85.6 Å². The van der Waals surface area contributed by atoms with Crippen LogP contribution in [0.4, 0.5) is 0 Å². The van der Waals surface area contributed by atoms with Gasteiger partial charge in [0.15, 0.2) is 47.1 Å². The molecule has 0 amide bonds. The second-order valence-corrected chi connectivity index (χ2v) is 29.2. The molecule has 570 valence electrons. The molecule has 12 aromatic heterocycles. The Bertz CT molecular complexity index is 6910. The number of pyridine rings is 8. The Morgan fingerprint density at radius 2 is 0.541 bits per heavy atom. The summed E-state index contributed by atoms with van der Waals surface area (Å²) in [6, 6.07) is 38.8. The van der Waals surface area contributed by atoms with Crippen LogP contribution in [0.5, 0.6) is 0 Å². The number of hydrogen-bond donors (Lipinski definition) is 0. The van der Waals surface area contributed by atoms with E-state index in [9.17, 15) is 0 Å². The average molecular weight is 1500 g/mol. The molecule has 0 N–H and O–H groups in total. The maximum absolute atomic E-state index is 8.35. The summed E-state index contributed by atoms with van der Waals surface area (Å²) in [7, 11) is 7.38. The maximum Gasteiger partial charge on any atom is 0.227 e. The zero-order valence-corrected chi connectivity index (χ0v) is 68.4. The summed E-state index contributed by atoms with van der Waals surface area (Å²) in [5, 5.41) is 7.31. The highest BCUT2D eigenvalue weighted by Gasteiger charge is 2.29. The number of fused-ring (bicyclic) bond motifs is 12. The minimum absolute atomic E-state index is 0.289. The Kier molecular flexibility index (Phi) is 17.1. The van der Waals surface area contributed by atoms with Gasteiger partial charge in [0, 0.05) is 137 Å². The van der Waals surface area contributed by atoms with E-state index in [0.717, 1.165) is 128 Å². The zero-order chi connectivity index (χ0) is 95.3. The van der Waals surface area contributed by atoms with Crippen molar-refractivity contribution in [2.45, 2.75) is 207 Å². The molecule has 12 heterocycles. The molecule has 0 aliphatic heterocycles. The summed E-state index contributed by atoms with van der Waals surface area (Å²) < 4.78 is 182. The van der Waals surface area contributed by atoms with Gasteiger partial charge in [-0.2, -0.15) is 0 Å². The van der Waals surface area contributed by atoms with Crippen molar-refractivity contribution in [3.05, 3.63) is 236 Å². The molecule has 12 heteroatoms. The topological polar surface area (TPSA) is 120 Å². The lowest BCUT2D eigenvalue weighted by Crippen LogP contribution is -2.32. The van der Waals surface area contributed by atoms with Crippen LogP contribution < -0.4 is 18.3 Å². The van der Waals surface area contributed by atoms with Gasteiger partial charge in [-0.05, 0) is 196 Å². The highest BCUT2D eigenvalue weighted by molar-refractivity contribution is 6.12. The Morgan fingerprint density at radius 3 is 0.784 bits per heavy atom. The van der Waals surface area contributed by atoms with Crippen LogP contribution in [-0.4, -0.2) is 19.9 Å². The first kappa shape index (κ1) is 58.2. The summed E-state index contributed by atoms with van der Waals surface area (Å²) >= 11 is 0. The van der Waals surface area contributed by atoms with Crippen LogP contribution in [0.3, 0.4) is 0 Å². The van der Waals surface area contributed by atoms with Gasteiger partial charge in [-0.25, -0.2) is 38.2 Å². The lowest BCUT2D eigenvalue weighted by Gasteiger charge is -2.10. The van der Waals surface area contributed by atoms with Crippen molar-refractivity contribution >= 4 is 88.3 Å². The molecule has 0 bridgehead atoms. The number of aromatic nitrogens is 8. The molecule has 16 aromatic rings. The number of aryl methyl sites for hydroxylation is 17. The van der Waals surface area contributed by atoms with Gasteiger partial charge in [0.2, 0.25) is 45.6 Å². The zero-order valence-electron chi connectivity index (χ0n) is 86.4. The molecule has 0 fully saturated rings. The summed E-state index contributed by atoms with van der Waals surface area (Å²) in [4.78, 5) is 18.6. The number of rotatable bonds is 16. The summed E-state index contributed by atoms with van der Waals surface area (Å²) in [5.41, 5.74) is 20.8. The molecule has 0 atom stereocenters. The molecule has 0 aliphatic carbocycles. The number of benzene rings is 4. The molecule has 4 aromatic carbocycles. The minimum Gasteiger partial charge on any atom is -0.437 e. The van der Waals surface area contributed by atoms with E-state index in [2.05, 4.69) is 35.7 Å². The van der Waals surface area contributed by atoms with E-state index in [1.54, 1.807) is 76.7 Å². The second kappa shape index (κ2) is 32.7. The minimum atomic E-state index is -1.73. The van der Waals surface area contributed by atoms with E-state index in [1.165, 1.54) is 55.4 Å². The van der Waals surface area contributed by atoms with Crippen LogP contribution in [0, 0.1) is 27.7 Å². The molecule has 0 unspecified atom stereocenters. The van der Waals surface area contributed by atoms with E-state index < -0.39 is 62.8 Å². The monoisotopic (exact) mass is 1500 g/mol. The summed E-state index contributed by atoms with van der Waals surface area (Å²) in [6.07, 6.45) is -6.04. The number of hydrogen-bond acceptors (Lipinski definition) is 8. The quantitative estimate of drug-likeness (QED) is 0.0878. The fourth-order valence-corrected chi connectivity index (χ4v) is 14.9. The highest BCUT2D eigenvalue weighted by Crippen LogP contribution is 2.43. The Labute approximate surface area is 681 Å². The Balaban J connectivity index is 0.000000147. The van der Waals surface area contributed by atoms with Crippen molar-refractivity contribution in [1.29, 1.82) is 0 Å². The van der Waals surface area contributed by atoms with E-state index in [4.69, 9.17) is 47.3 Å². The van der Waals surface area contributed by atoms with Gasteiger partial charge in [0.25, 0.3) is 0 Å². The maximum atomic E-state index is 8.35. The molecular formula is C99H114N8O4+4. The molecule has 0 saturated carbocycles. The van der Waals surface area contributed by atoms with Crippen LogP contribution in [0.15, 0.2) is 164 Å². The molecular weight excluding hydrogens is 1370 g/mol. The summed E-state index contributed by atoms with van der Waals surface area (Å²) in [6.45, 7) is 33.0. The van der Waals surface area contributed by atoms with Gasteiger partial charge < -0.3 is 17.7 Å². The van der Waals surface area contributed by atoms with Crippen molar-refractivity contribution in [2.75, 3.05) is 0 Å². The third kappa shape index (κ3) is 14.9. The molecule has 12 nitrogen and oxygen atoms in total. The SMILES string of the molecule is [2H]C([2H])(C)c1cc(-c2c(C)ccc3c2oc2nc(C(C)C)ccc23)[n+](C)cc1C([2H])([2H])C.[2H]C([2H])(C)c1cc(-c2c(C)ccc3c2oc2nc(C([2H])(C)C)ccc23)[n+](C)cc1C([2H])([2H])C.[2H]C([2H])(C)c1cc(-c2c(C)ccc3c2oc2nc(C([2H])(C)C)ccc23)[n+](C)cc1C([2H])([2H])C.[2H]C([2H])(C)c1cc(-c2c(C)ccc3c2oc2nc(CC)ccc23)[n+](C)cc1C([2H])([2H])C. The third-order valence-corrected chi connectivity index (χ3v) is 21.2. The van der Waals surface area contributed by atoms with Gasteiger partial charge in [0.1, 0.15) is 28.2 Å². The van der Waals surface area contributed by atoms with Gasteiger partial charge in [0.05, 0.1) is 22.3 Å². The molecule has 0 spiro atoms. The molecule has 111 heavy (non-hydrogen) atoms. The van der Waals surface area contributed by atoms with E-state index >= 15 is 0 Å². The standard InChI is InChI=1S/3C25H29N2O.C24H27N2O/c3*1-7-17-13-22(27(6)14-18(17)8-2)23-16(5)9-10-19-20-11-12-21(15(3)4)26-25(20)28-24(19)23;1-6-16-13-21(26(5)14-17(16)7-2)22-15(4)9-11-19-20-12-10-18(8-3)25-24(20)27-23(19)22/h3*9-15H,7-8H2,1-6H3;9-14H,6-8H2,1-5H3/q4*+1/i2*7D2,8D2,15D;7D2,8D2;6D2,7D2. The van der Waals surface area contributed by atoms with E-state index in [1.807, 2.05) is 171 Å². The molecule has 0 aliphatic rings. The normalized spacial score (nSPS) is 15.4. The lowest BCUT2D eigenvalue weighted by molar-refractivity contribution is -0.661. The average Bonchev–Trinajstić information content (AvgIpc) is 1.66. The highest BCUT2D eigenvalue weighted by atomic mass is 16.4. The predicted molar refractivity (Wildman–Crippen MR) is 458 cm³/mol. The Morgan fingerprint density at radius 1 is 0.306 bits per heavy atom. The van der Waals surface area contributed by atoms with Crippen LogP contribution in [0.2, 0.25) is 0 Å². The molecule has 0 saturated heterocycles. The van der Waals surface area contributed by atoms with E-state index in [0.29, 0.717) is 101 Å². The summed E-state index contributed by atoms with van der Waals surface area (Å²) in [5.74, 6) is -1.42. The van der Waals surface area contributed by atoms with Crippen LogP contribution >= 0.6 is 0 Å². The fourth-order valence-electron chi connectivity index (χ4n) is 14.9. The van der Waals surface area contributed by atoms with Crippen molar-refractivity contribution in [3.63, 3.8) is 0 Å². The smallest absolute Gasteiger partial charge is 0.227 e. The third-order valence-electron chi connectivity index (χ3n) is 21.2. The van der Waals surface area contributed by atoms with Crippen molar-refractivity contribution < 1.29 is 60.6 Å². The van der Waals surface area contributed by atoms with E-state index in [-0.39, 0.29) is 5.92 Å². The van der Waals surface area contributed by atoms with Gasteiger partial charge >= 0.3 is 0 Å². The number of furan rings is 4. The first-order chi connectivity index (χ1) is 59.4. The van der Waals surface area contributed by atoms with Crippen LogP contribution in [0.25, 0.3) is 133 Å². The lowest BCUT2D eigenvalue weighted by atomic mass is 9.97. The van der Waals surface area contributed by atoms with Crippen molar-refractivity contribution in [2.24, 2.45) is 28.2 Å². The fraction of sp³-hybridized carbons (Fsp3) is 0.354. The number of nitrogens with zero attached hydrogens (tertiary/aromatic N) is 8. The first-order valence-corrected chi connectivity index (χ1v) is 37.9. The van der Waals surface area contributed by atoms with Gasteiger partial charge in [-0.1, -0.05) is 152 Å². The predicted octanol–water partition coefficient (Wildman–Crippen LogP) is 23.6. The largest absolute Gasteiger partial charge is 0.437 e. The van der Waals surface area contributed by atoms with Crippen molar-refractivity contribution in [3.8, 4) is 45.0 Å². The Hall–Kier alpha value is -10.7. The molecule has 16 rings (SSSR count). The van der Waals surface area contributed by atoms with Crippen LogP contribution in [0.1, 0.15) is 236 Å². The first-order valence-electron chi connectivity index (χ1n) is 46.9. The molecule has 0 radical (unpaired) electrons. The van der Waals surface area contributed by atoms with Gasteiger partial charge in [-0.3, -0.25) is 0 Å².